The normalized spacial score (nSPS) is 24.9. The van der Waals surface area contributed by atoms with Gasteiger partial charge in [0.25, 0.3) is 0 Å². The van der Waals surface area contributed by atoms with Crippen molar-refractivity contribution in [1.82, 2.24) is 14.7 Å². The van der Waals surface area contributed by atoms with E-state index in [-0.39, 0.29) is 30.7 Å². The first-order chi connectivity index (χ1) is 11.0. The number of anilines is 1. The van der Waals surface area contributed by atoms with Gasteiger partial charge in [-0.2, -0.15) is 5.10 Å². The molecule has 3 atom stereocenters. The zero-order chi connectivity index (χ0) is 17.0. The van der Waals surface area contributed by atoms with Gasteiger partial charge in [-0.05, 0) is 14.0 Å². The summed E-state index contributed by atoms with van der Waals surface area (Å²) in [6.07, 6.45) is 1.52. The minimum Gasteiger partial charge on any atom is -0.377 e. The van der Waals surface area contributed by atoms with Crippen molar-refractivity contribution in [3.63, 3.8) is 0 Å². The van der Waals surface area contributed by atoms with E-state index in [2.05, 4.69) is 10.4 Å². The second-order valence-corrected chi connectivity index (χ2v) is 5.84. The van der Waals surface area contributed by atoms with E-state index in [4.69, 9.17) is 14.2 Å². The second-order valence-electron chi connectivity index (χ2n) is 5.84. The van der Waals surface area contributed by atoms with E-state index in [1.165, 1.54) is 0 Å². The topological polar surface area (TPSA) is 77.9 Å². The van der Waals surface area contributed by atoms with Crippen LogP contribution < -0.4 is 5.32 Å². The molecule has 130 valence electrons. The predicted octanol–water partition coefficient (Wildman–Crippen LogP) is 0.0276. The van der Waals surface area contributed by atoms with E-state index in [9.17, 15) is 4.79 Å². The molecule has 0 aromatic carbocycles. The standard InChI is InChI=1S/C15H26N4O4/c1-10-11(6-19(3)17-10)16-14(20)7-18(2)12-8-23-9-13(21-4)15(12)22-5/h6,12-13,15H,7-9H2,1-5H3,(H,16,20)/t12-,13-,15+/m1/s1. The number of hydrogen-bond acceptors (Lipinski definition) is 6. The summed E-state index contributed by atoms with van der Waals surface area (Å²) in [4.78, 5) is 14.2. The van der Waals surface area contributed by atoms with Crippen LogP contribution in [0.15, 0.2) is 6.20 Å². The first-order valence-corrected chi connectivity index (χ1v) is 7.60. The fourth-order valence-corrected chi connectivity index (χ4v) is 2.89. The second kappa shape index (κ2) is 7.87. The molecule has 1 aromatic rings. The highest BCUT2D eigenvalue weighted by Crippen LogP contribution is 2.19. The molecule has 1 fully saturated rings. The number of likely N-dealkylation sites (N-methyl/N-ethyl adjacent to an activating group) is 1. The molecule has 1 aliphatic heterocycles. The van der Waals surface area contributed by atoms with Gasteiger partial charge in [-0.25, -0.2) is 0 Å². The zero-order valence-electron chi connectivity index (χ0n) is 14.4. The summed E-state index contributed by atoms with van der Waals surface area (Å²) < 4.78 is 18.2. The maximum absolute atomic E-state index is 12.3. The lowest BCUT2D eigenvalue weighted by molar-refractivity contribution is -0.154. The summed E-state index contributed by atoms with van der Waals surface area (Å²) in [6, 6.07) is -0.0422. The van der Waals surface area contributed by atoms with Gasteiger partial charge in [-0.3, -0.25) is 14.4 Å². The summed E-state index contributed by atoms with van der Waals surface area (Å²) in [5, 5.41) is 7.09. The lowest BCUT2D eigenvalue weighted by Gasteiger charge is -2.40. The molecule has 8 heteroatoms. The minimum atomic E-state index is -0.134. The number of amides is 1. The Kier molecular flexibility index (Phi) is 6.11. The first-order valence-electron chi connectivity index (χ1n) is 7.60. The van der Waals surface area contributed by atoms with E-state index >= 15 is 0 Å². The Morgan fingerprint density at radius 3 is 2.78 bits per heavy atom. The van der Waals surface area contributed by atoms with Gasteiger partial charge in [0.05, 0.1) is 37.2 Å². The molecule has 0 unspecified atom stereocenters. The number of carbonyl (C=O) groups is 1. The van der Waals surface area contributed by atoms with Gasteiger partial charge >= 0.3 is 0 Å². The molecular weight excluding hydrogens is 300 g/mol. The number of rotatable bonds is 6. The molecule has 0 saturated carbocycles. The summed E-state index contributed by atoms with van der Waals surface area (Å²) in [5.41, 5.74) is 1.52. The molecule has 23 heavy (non-hydrogen) atoms. The van der Waals surface area contributed by atoms with Crippen LogP contribution in [0.5, 0.6) is 0 Å². The Morgan fingerprint density at radius 2 is 2.22 bits per heavy atom. The van der Waals surface area contributed by atoms with Crippen molar-refractivity contribution in [2.24, 2.45) is 7.05 Å². The van der Waals surface area contributed by atoms with Crippen LogP contribution in [0.2, 0.25) is 0 Å². The maximum Gasteiger partial charge on any atom is 0.238 e. The Balaban J connectivity index is 1.95. The molecule has 1 aliphatic rings. The van der Waals surface area contributed by atoms with Gasteiger partial charge in [-0.15, -0.1) is 0 Å². The Bertz CT molecular complexity index is 534. The predicted molar refractivity (Wildman–Crippen MR) is 85.4 cm³/mol. The van der Waals surface area contributed by atoms with E-state index in [1.807, 2.05) is 25.9 Å². The van der Waals surface area contributed by atoms with E-state index in [1.54, 1.807) is 25.1 Å². The van der Waals surface area contributed by atoms with Crippen molar-refractivity contribution in [1.29, 1.82) is 0 Å². The number of aryl methyl sites for hydroxylation is 2. The number of methoxy groups -OCH3 is 2. The van der Waals surface area contributed by atoms with Crippen LogP contribution in [0.4, 0.5) is 5.69 Å². The average Bonchev–Trinajstić information content (AvgIpc) is 2.83. The number of nitrogens with one attached hydrogen (secondary N) is 1. The van der Waals surface area contributed by atoms with Gasteiger partial charge in [-0.1, -0.05) is 0 Å². The quantitative estimate of drug-likeness (QED) is 0.795. The van der Waals surface area contributed by atoms with E-state index in [0.717, 1.165) is 11.4 Å². The number of nitrogens with zero attached hydrogens (tertiary/aromatic N) is 3. The zero-order valence-corrected chi connectivity index (χ0v) is 14.4. The van der Waals surface area contributed by atoms with Crippen LogP contribution in [0.25, 0.3) is 0 Å². The van der Waals surface area contributed by atoms with Gasteiger partial charge in [0.2, 0.25) is 5.91 Å². The monoisotopic (exact) mass is 326 g/mol. The van der Waals surface area contributed by atoms with Crippen LogP contribution >= 0.6 is 0 Å². The average molecular weight is 326 g/mol. The molecule has 8 nitrogen and oxygen atoms in total. The molecule has 0 aliphatic carbocycles. The van der Waals surface area contributed by atoms with Gasteiger partial charge in [0.15, 0.2) is 0 Å². The van der Waals surface area contributed by atoms with Crippen LogP contribution in [-0.4, -0.2) is 79.9 Å². The minimum absolute atomic E-state index is 0.0422. The van der Waals surface area contributed by atoms with Crippen molar-refractivity contribution in [2.45, 2.75) is 25.2 Å². The van der Waals surface area contributed by atoms with Crippen molar-refractivity contribution >= 4 is 11.6 Å². The summed E-state index contributed by atoms with van der Waals surface area (Å²) in [6.45, 7) is 3.10. The van der Waals surface area contributed by atoms with Gasteiger partial charge < -0.3 is 19.5 Å². The SMILES string of the molecule is CO[C@H]1[C@H](N(C)CC(=O)Nc2cn(C)nc2C)COC[C@H]1OC. The van der Waals surface area contributed by atoms with E-state index < -0.39 is 0 Å². The first kappa shape index (κ1) is 17.9. The molecule has 1 N–H and O–H groups in total. The molecule has 2 rings (SSSR count). The molecule has 0 spiro atoms. The highest BCUT2D eigenvalue weighted by atomic mass is 16.6. The molecule has 1 amide bonds. The maximum atomic E-state index is 12.3. The number of hydrogen-bond donors (Lipinski definition) is 1. The van der Waals surface area contributed by atoms with Crippen molar-refractivity contribution < 1.29 is 19.0 Å². The molecule has 0 radical (unpaired) electrons. The van der Waals surface area contributed by atoms with Gasteiger partial charge in [0.1, 0.15) is 12.2 Å². The summed E-state index contributed by atoms with van der Waals surface area (Å²) in [7, 11) is 7.00. The van der Waals surface area contributed by atoms with Crippen LogP contribution in [0.1, 0.15) is 5.69 Å². The fraction of sp³-hybridized carbons (Fsp3) is 0.733. The molecular formula is C15H26N4O4. The Hall–Kier alpha value is -1.48. The molecule has 2 heterocycles. The van der Waals surface area contributed by atoms with Crippen LogP contribution in [-0.2, 0) is 26.1 Å². The highest BCUT2D eigenvalue weighted by Gasteiger charge is 2.37. The number of carbonyl (C=O) groups excluding carboxylic acids is 1. The van der Waals surface area contributed by atoms with Gasteiger partial charge in [0, 0.05) is 27.5 Å². The Labute approximate surface area is 136 Å². The smallest absolute Gasteiger partial charge is 0.238 e. The number of ether oxygens (including phenoxy) is 3. The van der Waals surface area contributed by atoms with E-state index in [0.29, 0.717) is 13.2 Å². The van der Waals surface area contributed by atoms with Crippen molar-refractivity contribution in [3.8, 4) is 0 Å². The summed E-state index contributed by atoms with van der Waals surface area (Å²) in [5.74, 6) is -0.0991. The highest BCUT2D eigenvalue weighted by molar-refractivity contribution is 5.92. The van der Waals surface area contributed by atoms with Crippen LogP contribution in [0.3, 0.4) is 0 Å². The largest absolute Gasteiger partial charge is 0.377 e. The van der Waals surface area contributed by atoms with Crippen LogP contribution in [0, 0.1) is 6.92 Å². The third-order valence-corrected chi connectivity index (χ3v) is 4.14. The molecule has 0 bridgehead atoms. The summed E-state index contributed by atoms with van der Waals surface area (Å²) >= 11 is 0. The number of aromatic nitrogens is 2. The lowest BCUT2D eigenvalue weighted by atomic mass is 10.0. The fourth-order valence-electron chi connectivity index (χ4n) is 2.89. The molecule has 1 saturated heterocycles. The molecule has 1 aromatic heterocycles. The lowest BCUT2D eigenvalue weighted by Crippen LogP contribution is -2.57. The third kappa shape index (κ3) is 4.29. The Morgan fingerprint density at radius 1 is 1.48 bits per heavy atom. The van der Waals surface area contributed by atoms with Crippen molar-refractivity contribution in [3.05, 3.63) is 11.9 Å². The van der Waals surface area contributed by atoms with Crippen molar-refractivity contribution in [2.75, 3.05) is 46.3 Å². The third-order valence-electron chi connectivity index (χ3n) is 4.14.